The number of fused-ring (bicyclic) bond motifs is 1. The summed E-state index contributed by atoms with van der Waals surface area (Å²) in [6.45, 7) is 12.4. The monoisotopic (exact) mass is 381 g/mol. The third-order valence-electron chi connectivity index (χ3n) is 2.27. The maximum Gasteiger partial charge on any atom is 0.385 e. The zero-order chi connectivity index (χ0) is 19.9. The van der Waals surface area contributed by atoms with Crippen LogP contribution in [0.2, 0.25) is 0 Å². The molecule has 0 fully saturated rings. The van der Waals surface area contributed by atoms with Crippen molar-refractivity contribution in [3.05, 3.63) is 12.7 Å². The van der Waals surface area contributed by atoms with Crippen LogP contribution in [0.3, 0.4) is 0 Å². The lowest BCUT2D eigenvalue weighted by atomic mass is 10.5. The molecular weight excluding hydrogens is 352 g/mol. The fourth-order valence-electron chi connectivity index (χ4n) is 1.43. The smallest absolute Gasteiger partial charge is 0.382 e. The van der Waals surface area contributed by atoms with E-state index in [1.165, 1.54) is 12.7 Å². The van der Waals surface area contributed by atoms with Crippen LogP contribution in [-0.2, 0) is 20.6 Å². The van der Waals surface area contributed by atoms with E-state index >= 15 is 0 Å². The van der Waals surface area contributed by atoms with Gasteiger partial charge in [-0.15, -0.1) is 4.73 Å². The Hall–Kier alpha value is -1.61. The number of imidazole rings is 1. The van der Waals surface area contributed by atoms with Crippen molar-refractivity contribution in [2.24, 2.45) is 0 Å². The quantitative estimate of drug-likeness (QED) is 0.575. The standard InChI is InChI=1S/C8H11FN5O4P.3C2H6/c9-18-19(15,16)5-17-2-1-14-4-13-6-7(10)11-3-12-8(6)14;3*1-2/h3-4H,1-2,5H2,(H,15,16)(H2,10,11,12);3*1-2H3. The van der Waals surface area contributed by atoms with E-state index in [4.69, 9.17) is 15.4 Å². The van der Waals surface area contributed by atoms with Crippen LogP contribution in [0.4, 0.5) is 10.3 Å². The number of aromatic nitrogens is 4. The van der Waals surface area contributed by atoms with Crippen LogP contribution in [0.1, 0.15) is 41.5 Å². The number of hydrogen-bond acceptors (Lipinski definition) is 7. The van der Waals surface area contributed by atoms with Gasteiger partial charge in [-0.05, 0) is 4.53 Å². The highest BCUT2D eigenvalue weighted by atomic mass is 31.2. The van der Waals surface area contributed by atoms with Gasteiger partial charge in [0.1, 0.15) is 11.8 Å². The minimum Gasteiger partial charge on any atom is -0.382 e. The fraction of sp³-hybridized carbons (Fsp3) is 0.643. The molecule has 0 radical (unpaired) electrons. The molecule has 11 heteroatoms. The van der Waals surface area contributed by atoms with E-state index in [0.717, 1.165) is 0 Å². The number of hydrogen-bond donors (Lipinski definition) is 2. The van der Waals surface area contributed by atoms with Gasteiger partial charge in [0.15, 0.2) is 17.8 Å². The van der Waals surface area contributed by atoms with Gasteiger partial charge in [0, 0.05) is 6.54 Å². The molecule has 0 bridgehead atoms. The lowest BCUT2D eigenvalue weighted by Crippen LogP contribution is -2.07. The Labute approximate surface area is 147 Å². The lowest BCUT2D eigenvalue weighted by Gasteiger charge is -2.07. The van der Waals surface area contributed by atoms with E-state index in [2.05, 4.69) is 19.7 Å². The molecule has 1 atom stereocenters. The van der Waals surface area contributed by atoms with Crippen molar-refractivity contribution in [3.8, 4) is 0 Å². The molecule has 0 saturated carbocycles. The molecule has 0 aliphatic carbocycles. The number of nitrogens with zero attached hydrogens (tertiary/aromatic N) is 4. The molecule has 2 aromatic heterocycles. The molecule has 2 rings (SSSR count). The van der Waals surface area contributed by atoms with Gasteiger partial charge >= 0.3 is 7.60 Å². The van der Waals surface area contributed by atoms with Crippen molar-refractivity contribution < 1.29 is 23.4 Å². The van der Waals surface area contributed by atoms with Gasteiger partial charge in [-0.25, -0.2) is 15.0 Å². The van der Waals surface area contributed by atoms with Crippen molar-refractivity contribution in [1.29, 1.82) is 0 Å². The van der Waals surface area contributed by atoms with Crippen LogP contribution in [0.15, 0.2) is 12.7 Å². The topological polar surface area (TPSA) is 125 Å². The average Bonchev–Trinajstić information content (AvgIpc) is 3.08. The molecule has 2 heterocycles. The van der Waals surface area contributed by atoms with Crippen LogP contribution < -0.4 is 5.73 Å². The Balaban J connectivity index is 0. The van der Waals surface area contributed by atoms with Gasteiger partial charge in [-0.1, -0.05) is 41.5 Å². The Morgan fingerprint density at radius 2 is 1.80 bits per heavy atom. The molecule has 0 amide bonds. The Bertz CT molecular complexity index is 626. The van der Waals surface area contributed by atoms with Gasteiger partial charge in [-0.3, -0.25) is 4.57 Å². The summed E-state index contributed by atoms with van der Waals surface area (Å²) in [5.74, 6) is 0.260. The molecule has 0 spiro atoms. The summed E-state index contributed by atoms with van der Waals surface area (Å²) in [7, 11) is -4.30. The molecule has 1 unspecified atom stereocenters. The maximum absolute atomic E-state index is 11.6. The minimum absolute atomic E-state index is 0.0588. The summed E-state index contributed by atoms with van der Waals surface area (Å²) in [4.78, 5) is 20.6. The van der Waals surface area contributed by atoms with Crippen LogP contribution in [0.5, 0.6) is 0 Å². The summed E-state index contributed by atoms with van der Waals surface area (Å²) in [5, 5.41) is 0. The predicted octanol–water partition coefficient (Wildman–Crippen LogP) is 3.55. The average molecular weight is 381 g/mol. The maximum atomic E-state index is 11.6. The van der Waals surface area contributed by atoms with Crippen molar-refractivity contribution >= 4 is 24.6 Å². The van der Waals surface area contributed by atoms with E-state index < -0.39 is 13.9 Å². The number of ether oxygens (including phenoxy) is 1. The lowest BCUT2D eigenvalue weighted by molar-refractivity contribution is -0.0275. The second-order valence-electron chi connectivity index (χ2n) is 3.61. The van der Waals surface area contributed by atoms with E-state index in [-0.39, 0.29) is 12.4 Å². The first-order valence-electron chi connectivity index (χ1n) is 8.15. The zero-order valence-corrected chi connectivity index (χ0v) is 16.5. The number of halogens is 1. The van der Waals surface area contributed by atoms with Crippen LogP contribution in [0.25, 0.3) is 11.2 Å². The van der Waals surface area contributed by atoms with Crippen LogP contribution >= 0.6 is 7.60 Å². The third-order valence-corrected chi connectivity index (χ3v) is 2.99. The van der Waals surface area contributed by atoms with Crippen molar-refractivity contribution in [3.63, 3.8) is 0 Å². The SMILES string of the molecule is CC.CC.CC.Nc1ncnc2c1ncn2CCOCP(=O)(O)OF. The van der Waals surface area contributed by atoms with Gasteiger partial charge in [0.2, 0.25) is 0 Å². The van der Waals surface area contributed by atoms with Crippen molar-refractivity contribution in [1.82, 2.24) is 19.5 Å². The normalized spacial score (nSPS) is 11.8. The summed E-state index contributed by atoms with van der Waals surface area (Å²) in [5.41, 5.74) is 6.59. The zero-order valence-electron chi connectivity index (χ0n) is 15.6. The number of nitrogen functional groups attached to an aromatic ring is 1. The molecule has 3 N–H and O–H groups in total. The van der Waals surface area contributed by atoms with Crippen molar-refractivity contribution in [2.45, 2.75) is 48.1 Å². The first-order valence-corrected chi connectivity index (χ1v) is 9.91. The molecule has 9 nitrogen and oxygen atoms in total. The first-order chi connectivity index (χ1) is 12.0. The number of nitrogens with two attached hydrogens (primary N) is 1. The highest BCUT2D eigenvalue weighted by molar-refractivity contribution is 7.52. The number of rotatable bonds is 6. The molecular formula is C14H29FN5O4P. The molecule has 25 heavy (non-hydrogen) atoms. The van der Waals surface area contributed by atoms with Gasteiger partial charge in [0.05, 0.1) is 12.9 Å². The van der Waals surface area contributed by atoms with E-state index in [1.807, 2.05) is 41.5 Å². The summed E-state index contributed by atoms with van der Waals surface area (Å²) >= 11 is 0. The molecule has 146 valence electrons. The molecule has 0 aliphatic heterocycles. The van der Waals surface area contributed by atoms with Crippen LogP contribution in [0, 0.1) is 0 Å². The molecule has 0 aliphatic rings. The Kier molecular flexibility index (Phi) is 15.1. The van der Waals surface area contributed by atoms with E-state index in [0.29, 0.717) is 17.7 Å². The van der Waals surface area contributed by atoms with Crippen molar-refractivity contribution in [2.75, 3.05) is 18.7 Å². The summed E-state index contributed by atoms with van der Waals surface area (Å²) < 4.78 is 31.7. The van der Waals surface area contributed by atoms with E-state index in [9.17, 15) is 9.09 Å². The molecule has 0 saturated heterocycles. The minimum atomic E-state index is -4.30. The Morgan fingerprint density at radius 3 is 2.36 bits per heavy atom. The summed E-state index contributed by atoms with van der Waals surface area (Å²) in [6.07, 6.45) is 2.06. The second-order valence-corrected chi connectivity index (χ2v) is 5.28. The summed E-state index contributed by atoms with van der Waals surface area (Å²) in [6, 6.07) is 0. The highest BCUT2D eigenvalue weighted by Crippen LogP contribution is 2.41. The first kappa shape index (κ1) is 25.6. The van der Waals surface area contributed by atoms with Gasteiger partial charge in [0.25, 0.3) is 0 Å². The van der Waals surface area contributed by atoms with E-state index in [1.54, 1.807) is 4.57 Å². The fourth-order valence-corrected chi connectivity index (χ4v) is 1.82. The third kappa shape index (κ3) is 8.87. The van der Waals surface area contributed by atoms with Gasteiger partial charge in [-0.2, -0.15) is 0 Å². The van der Waals surface area contributed by atoms with Crippen LogP contribution in [-0.4, -0.2) is 37.4 Å². The predicted molar refractivity (Wildman–Crippen MR) is 96.6 cm³/mol. The largest absolute Gasteiger partial charge is 0.385 e. The van der Waals surface area contributed by atoms with Gasteiger partial charge < -0.3 is 19.9 Å². The molecule has 0 aromatic carbocycles. The highest BCUT2D eigenvalue weighted by Gasteiger charge is 2.20. The molecule has 2 aromatic rings. The Morgan fingerprint density at radius 1 is 1.20 bits per heavy atom. The number of anilines is 1. The second kappa shape index (κ2) is 14.7.